The molecule has 1 spiro atoms. The third-order valence-corrected chi connectivity index (χ3v) is 22.2. The first-order chi connectivity index (χ1) is 39.7. The first kappa shape index (κ1) is 44.7. The van der Waals surface area contributed by atoms with E-state index in [4.69, 9.17) is 9.97 Å². The van der Waals surface area contributed by atoms with E-state index in [0.717, 1.165) is 66.9 Å². The van der Waals surface area contributed by atoms with E-state index in [2.05, 4.69) is 287 Å². The minimum Gasteiger partial charge on any atom is -0.310 e. The van der Waals surface area contributed by atoms with E-state index in [1.165, 1.54) is 80.9 Å². The van der Waals surface area contributed by atoms with Gasteiger partial charge in [-0.1, -0.05) is 176 Å². The minimum absolute atomic E-state index is 0.990. The van der Waals surface area contributed by atoms with Crippen LogP contribution in [0.4, 0.5) is 34.1 Å². The molecule has 0 fully saturated rings. The molecule has 0 atom stereocenters. The van der Waals surface area contributed by atoms with E-state index in [0.29, 0.717) is 0 Å². The maximum Gasteiger partial charge on any atom is 0.186 e. The largest absolute Gasteiger partial charge is 0.310 e. The summed E-state index contributed by atoms with van der Waals surface area (Å²) in [6.07, 6.45) is 6.08. The van der Waals surface area contributed by atoms with Gasteiger partial charge in [-0.25, -0.2) is 0 Å². The summed E-state index contributed by atoms with van der Waals surface area (Å²) in [4.78, 5) is 15.4. The van der Waals surface area contributed by atoms with Gasteiger partial charge in [0.1, 0.15) is 0 Å². The Kier molecular flexibility index (Phi) is 9.67. The predicted octanol–water partition coefficient (Wildman–Crippen LogP) is 16.5. The van der Waals surface area contributed by atoms with Gasteiger partial charge in [-0.3, -0.25) is 9.97 Å². The predicted molar refractivity (Wildman–Crippen MR) is 337 cm³/mol. The zero-order valence-corrected chi connectivity index (χ0v) is 44.4. The van der Waals surface area contributed by atoms with Crippen LogP contribution in [-0.4, -0.2) is 22.6 Å². The number of rotatable bonds is 6. The summed E-state index contributed by atoms with van der Waals surface area (Å²) < 4.78 is 2.41. The van der Waals surface area contributed by atoms with Crippen molar-refractivity contribution in [2.24, 2.45) is 0 Å². The Labute approximate surface area is 463 Å². The number of nitrogens with zero attached hydrogens (tertiary/aromatic N) is 5. The molecule has 0 radical (unpaired) electrons. The number of benzene rings is 12. The first-order valence-electron chi connectivity index (χ1n) is 27.5. The lowest BCUT2D eigenvalue weighted by atomic mass is 9.95. The molecule has 6 heteroatoms. The number of para-hydroxylation sites is 4. The van der Waals surface area contributed by atoms with Crippen molar-refractivity contribution in [3.63, 3.8) is 0 Å². The van der Waals surface area contributed by atoms with Crippen LogP contribution in [0.3, 0.4) is 0 Å². The number of fused-ring (bicyclic) bond motifs is 22. The second kappa shape index (κ2) is 17.3. The SMILES string of the molecule is c1ccc(N(c2ccccc2)c2cccc(-c3ccc4c5c(c6ccncc6c4c3)N(c3ccc(-n4c6ccccc6c6ccccc64)cc3)c3c(c4ccccc4c4cccnc34)[Si]53c4ccccc4-c4ccccc43)c2)cc1. The maximum atomic E-state index is 5.49. The van der Waals surface area contributed by atoms with Gasteiger partial charge in [-0.2, -0.15) is 0 Å². The van der Waals surface area contributed by atoms with Crippen molar-refractivity contribution in [1.82, 2.24) is 14.5 Å². The molecule has 0 bridgehead atoms. The molecule has 12 aromatic carbocycles. The van der Waals surface area contributed by atoms with Crippen LogP contribution >= 0.6 is 0 Å². The van der Waals surface area contributed by atoms with Crippen LogP contribution in [-0.2, 0) is 0 Å². The first-order valence-corrected chi connectivity index (χ1v) is 29.5. The molecule has 0 unspecified atom stereocenters. The van der Waals surface area contributed by atoms with Crippen molar-refractivity contribution in [2.75, 3.05) is 9.80 Å². The zero-order chi connectivity index (χ0) is 52.5. The third kappa shape index (κ3) is 6.22. The molecular weight excluding hydrogens is 987 g/mol. The standard InChI is InChI=1S/C74H47N5Si/c1-3-20-50(21-4-1)77(51-22-5-2-6-23-51)54-24-17-19-48(45-54)49-36-41-63-64(46-49)65-47-75-44-42-61(65)71-73(63)80(68-34-15-11-28-58(68)59-29-12-16-35-69(59)80)74-62-30-8-7-25-55(62)60-31-18-43-76-70(60)72(74)79(71)53-39-37-52(38-40-53)78-66-32-13-9-26-56(66)57-27-10-14-33-67(57)78/h1-47H. The van der Waals surface area contributed by atoms with Crippen LogP contribution in [0.5, 0.6) is 0 Å². The summed E-state index contributed by atoms with van der Waals surface area (Å²) >= 11 is 0. The van der Waals surface area contributed by atoms with E-state index in [1.54, 1.807) is 0 Å². The monoisotopic (exact) mass is 1030 g/mol. The molecule has 372 valence electrons. The van der Waals surface area contributed by atoms with E-state index >= 15 is 0 Å². The van der Waals surface area contributed by atoms with Crippen LogP contribution in [0.25, 0.3) is 93.0 Å². The fourth-order valence-electron chi connectivity index (χ4n) is 14.1. The van der Waals surface area contributed by atoms with Crippen LogP contribution in [0.2, 0.25) is 0 Å². The second-order valence-corrected chi connectivity index (χ2v) is 24.8. The highest BCUT2D eigenvalue weighted by molar-refractivity contribution is 7.25. The average molecular weight is 1030 g/mol. The van der Waals surface area contributed by atoms with Gasteiger partial charge in [-0.15, -0.1) is 0 Å². The summed E-state index contributed by atoms with van der Waals surface area (Å²) in [7, 11) is -3.36. The summed E-state index contributed by atoms with van der Waals surface area (Å²) in [6.45, 7) is 0. The normalized spacial score (nSPS) is 13.1. The van der Waals surface area contributed by atoms with Gasteiger partial charge in [0.25, 0.3) is 0 Å². The zero-order valence-electron chi connectivity index (χ0n) is 43.4. The van der Waals surface area contributed by atoms with Crippen molar-refractivity contribution in [2.45, 2.75) is 0 Å². The van der Waals surface area contributed by atoms with Gasteiger partial charge in [0, 0.05) is 74.0 Å². The van der Waals surface area contributed by atoms with Gasteiger partial charge in [0.05, 0.1) is 27.9 Å². The van der Waals surface area contributed by atoms with Crippen molar-refractivity contribution >= 4 is 128 Å². The quantitative estimate of drug-likeness (QED) is 0.123. The summed E-state index contributed by atoms with van der Waals surface area (Å²) in [6, 6.07) is 98.8. The Hall–Kier alpha value is -10.4. The summed E-state index contributed by atoms with van der Waals surface area (Å²) in [5.41, 5.74) is 16.0. The van der Waals surface area contributed by atoms with Gasteiger partial charge >= 0.3 is 0 Å². The number of aromatic nitrogens is 3. The highest BCUT2D eigenvalue weighted by atomic mass is 28.3. The van der Waals surface area contributed by atoms with E-state index in [1.807, 2.05) is 12.4 Å². The maximum absolute atomic E-state index is 5.49. The van der Waals surface area contributed by atoms with Gasteiger partial charge in [0.2, 0.25) is 0 Å². The number of anilines is 6. The van der Waals surface area contributed by atoms with Crippen molar-refractivity contribution in [1.29, 1.82) is 0 Å². The summed E-state index contributed by atoms with van der Waals surface area (Å²) in [5, 5.41) is 16.3. The van der Waals surface area contributed by atoms with E-state index in [9.17, 15) is 0 Å². The second-order valence-electron chi connectivity index (χ2n) is 21.2. The Balaban J connectivity index is 0.991. The lowest BCUT2D eigenvalue weighted by Gasteiger charge is -2.46. The molecule has 2 aliphatic heterocycles. The lowest BCUT2D eigenvalue weighted by Crippen LogP contribution is -2.75. The molecule has 15 aromatic rings. The van der Waals surface area contributed by atoms with Gasteiger partial charge in [-0.05, 0) is 156 Å². The Bertz CT molecular complexity index is 4890. The number of hydrogen-bond donors (Lipinski definition) is 0. The molecule has 0 saturated heterocycles. The van der Waals surface area contributed by atoms with E-state index in [-0.39, 0.29) is 0 Å². The molecule has 0 amide bonds. The van der Waals surface area contributed by atoms with Crippen LogP contribution in [0, 0.1) is 0 Å². The fraction of sp³-hybridized carbons (Fsp3) is 0. The van der Waals surface area contributed by atoms with Crippen LogP contribution in [0.1, 0.15) is 0 Å². The van der Waals surface area contributed by atoms with Gasteiger partial charge < -0.3 is 14.4 Å². The lowest BCUT2D eigenvalue weighted by molar-refractivity contribution is 1.17. The number of hydrogen-bond acceptors (Lipinski definition) is 4. The molecule has 2 aliphatic rings. The Morgan fingerprint density at radius 3 is 1.59 bits per heavy atom. The molecule has 80 heavy (non-hydrogen) atoms. The molecule has 5 heterocycles. The van der Waals surface area contributed by atoms with E-state index < -0.39 is 8.07 Å². The third-order valence-electron chi connectivity index (χ3n) is 17.2. The fourth-order valence-corrected chi connectivity index (χ4v) is 20.1. The van der Waals surface area contributed by atoms with Crippen LogP contribution in [0.15, 0.2) is 286 Å². The Morgan fingerprint density at radius 1 is 0.338 bits per heavy atom. The van der Waals surface area contributed by atoms with Crippen molar-refractivity contribution < 1.29 is 0 Å². The molecule has 0 N–H and O–H groups in total. The van der Waals surface area contributed by atoms with Crippen LogP contribution < -0.4 is 30.5 Å². The highest BCUT2D eigenvalue weighted by Gasteiger charge is 2.56. The summed E-state index contributed by atoms with van der Waals surface area (Å²) in [5.74, 6) is 0. The topological polar surface area (TPSA) is 37.2 Å². The molecular formula is C74H47N5Si. The van der Waals surface area contributed by atoms with Gasteiger partial charge in [0.15, 0.2) is 8.07 Å². The molecule has 0 aliphatic carbocycles. The molecule has 0 saturated carbocycles. The molecule has 5 nitrogen and oxygen atoms in total. The van der Waals surface area contributed by atoms with Crippen molar-refractivity contribution in [3.8, 4) is 27.9 Å². The van der Waals surface area contributed by atoms with Crippen molar-refractivity contribution in [3.05, 3.63) is 286 Å². The average Bonchev–Trinajstić information content (AvgIpc) is 3.95. The Morgan fingerprint density at radius 2 is 0.887 bits per heavy atom. The molecule has 3 aromatic heterocycles. The smallest absolute Gasteiger partial charge is 0.186 e. The minimum atomic E-state index is -3.36. The number of pyridine rings is 2. The highest BCUT2D eigenvalue weighted by Crippen LogP contribution is 2.51. The molecule has 17 rings (SSSR count).